The zero-order valence-electron chi connectivity index (χ0n) is 17.2. The summed E-state index contributed by atoms with van der Waals surface area (Å²) in [4.78, 5) is 22.6. The van der Waals surface area contributed by atoms with Gasteiger partial charge in [-0.05, 0) is 30.5 Å². The first-order valence-corrected chi connectivity index (χ1v) is 9.72. The number of carbonyl (C=O) groups is 2. The van der Waals surface area contributed by atoms with Crippen LogP contribution in [0.2, 0.25) is 0 Å². The van der Waals surface area contributed by atoms with Crippen molar-refractivity contribution in [3.8, 4) is 51.4 Å². The maximum Gasteiger partial charge on any atom is 0.303 e. The average Bonchev–Trinajstić information content (AvgIpc) is 2.71. The van der Waals surface area contributed by atoms with E-state index in [9.17, 15) is 45.3 Å². The quantitative estimate of drug-likeness (QED) is 0.200. The zero-order chi connectivity index (χ0) is 24.2. The molecule has 0 aromatic heterocycles. The summed E-state index contributed by atoms with van der Waals surface area (Å²) in [6.07, 6.45) is 0.868. The number of phenols is 7. The Morgan fingerprint density at radius 2 is 1.31 bits per heavy atom. The van der Waals surface area contributed by atoms with Crippen molar-refractivity contribution in [1.29, 1.82) is 0 Å². The highest BCUT2D eigenvalue weighted by Gasteiger charge is 2.28. The van der Waals surface area contributed by atoms with Gasteiger partial charge in [0.25, 0.3) is 0 Å². The summed E-state index contributed by atoms with van der Waals surface area (Å²) in [6, 6.07) is 1.97. The van der Waals surface area contributed by atoms with E-state index in [1.54, 1.807) is 0 Å². The SMILES string of the molecule is CCC[C@H](Cc1cc(O)c(-c2c(O)c(O)c(O)c(O)c2O)c(O)c1)NC(=O)CCC(=O)O. The molecule has 0 saturated heterocycles. The van der Waals surface area contributed by atoms with Gasteiger partial charge in [0.2, 0.25) is 23.2 Å². The second-order valence-electron chi connectivity index (χ2n) is 7.28. The molecule has 0 heterocycles. The number of rotatable bonds is 9. The molecule has 0 bridgehead atoms. The van der Waals surface area contributed by atoms with E-state index in [2.05, 4.69) is 5.32 Å². The molecular formula is C21H25NO10. The lowest BCUT2D eigenvalue weighted by Gasteiger charge is -2.20. The second-order valence-corrected chi connectivity index (χ2v) is 7.28. The van der Waals surface area contributed by atoms with Gasteiger partial charge in [0.15, 0.2) is 11.5 Å². The number of carboxylic acids is 1. The Morgan fingerprint density at radius 1 is 0.812 bits per heavy atom. The van der Waals surface area contributed by atoms with E-state index < -0.39 is 69.3 Å². The van der Waals surface area contributed by atoms with Crippen molar-refractivity contribution in [3.05, 3.63) is 17.7 Å². The lowest BCUT2D eigenvalue weighted by atomic mass is 9.95. The van der Waals surface area contributed by atoms with Crippen molar-refractivity contribution >= 4 is 11.9 Å². The third kappa shape index (κ3) is 5.17. The van der Waals surface area contributed by atoms with Gasteiger partial charge in [-0.25, -0.2) is 0 Å². The van der Waals surface area contributed by atoms with E-state index >= 15 is 0 Å². The van der Waals surface area contributed by atoms with E-state index in [-0.39, 0.29) is 19.3 Å². The molecule has 1 atom stereocenters. The smallest absolute Gasteiger partial charge is 0.303 e. The van der Waals surface area contributed by atoms with Crippen molar-refractivity contribution in [2.75, 3.05) is 0 Å². The Bertz CT molecular complexity index is 982. The van der Waals surface area contributed by atoms with Gasteiger partial charge in [0.05, 0.1) is 17.5 Å². The highest BCUT2D eigenvalue weighted by Crippen LogP contribution is 2.57. The largest absolute Gasteiger partial charge is 0.507 e. The molecule has 2 rings (SSSR count). The van der Waals surface area contributed by atoms with Crippen molar-refractivity contribution < 1.29 is 50.4 Å². The first-order valence-electron chi connectivity index (χ1n) is 9.72. The maximum absolute atomic E-state index is 12.0. The predicted octanol–water partition coefficient (Wildman–Crippen LogP) is 1.98. The molecule has 0 aliphatic rings. The van der Waals surface area contributed by atoms with E-state index in [1.165, 1.54) is 12.1 Å². The van der Waals surface area contributed by atoms with Gasteiger partial charge >= 0.3 is 5.97 Å². The minimum atomic E-state index is -1.18. The topological polar surface area (TPSA) is 208 Å². The van der Waals surface area contributed by atoms with E-state index in [0.29, 0.717) is 18.4 Å². The zero-order valence-corrected chi connectivity index (χ0v) is 17.2. The first kappa shape index (κ1) is 24.3. The van der Waals surface area contributed by atoms with Crippen LogP contribution in [0.3, 0.4) is 0 Å². The molecule has 0 radical (unpaired) electrons. The lowest BCUT2D eigenvalue weighted by molar-refractivity contribution is -0.138. The highest BCUT2D eigenvalue weighted by molar-refractivity contribution is 5.90. The molecule has 2 aromatic carbocycles. The number of carbonyl (C=O) groups excluding carboxylic acids is 1. The summed E-state index contributed by atoms with van der Waals surface area (Å²) in [6.45, 7) is 1.88. The average molecular weight is 451 g/mol. The minimum absolute atomic E-state index is 0.165. The molecule has 0 saturated carbocycles. The molecule has 2 aromatic rings. The Labute approximate surface area is 182 Å². The minimum Gasteiger partial charge on any atom is -0.507 e. The monoisotopic (exact) mass is 451 g/mol. The molecule has 9 N–H and O–H groups in total. The van der Waals surface area contributed by atoms with Gasteiger partial charge < -0.3 is 46.2 Å². The third-order valence-corrected chi connectivity index (χ3v) is 4.83. The summed E-state index contributed by atoms with van der Waals surface area (Å²) in [7, 11) is 0. The molecule has 0 aliphatic heterocycles. The fourth-order valence-electron chi connectivity index (χ4n) is 3.34. The second kappa shape index (κ2) is 9.86. The molecule has 11 nitrogen and oxygen atoms in total. The van der Waals surface area contributed by atoms with Crippen molar-refractivity contribution in [1.82, 2.24) is 5.32 Å². The molecule has 0 unspecified atom stereocenters. The van der Waals surface area contributed by atoms with Crippen LogP contribution < -0.4 is 5.32 Å². The number of hydrogen-bond donors (Lipinski definition) is 9. The summed E-state index contributed by atoms with van der Waals surface area (Å²) in [5.41, 5.74) is -0.842. The first-order chi connectivity index (χ1) is 15.0. The fraction of sp³-hybridized carbons (Fsp3) is 0.333. The Balaban J connectivity index is 2.37. The lowest BCUT2D eigenvalue weighted by Crippen LogP contribution is -2.36. The van der Waals surface area contributed by atoms with Crippen molar-refractivity contribution in [2.45, 2.75) is 45.1 Å². The van der Waals surface area contributed by atoms with E-state index in [4.69, 9.17) is 5.11 Å². The van der Waals surface area contributed by atoms with Gasteiger partial charge in [-0.3, -0.25) is 9.59 Å². The van der Waals surface area contributed by atoms with Crippen LogP contribution in [0.1, 0.15) is 38.2 Å². The van der Waals surface area contributed by atoms with Crippen LogP contribution in [0.5, 0.6) is 40.2 Å². The van der Waals surface area contributed by atoms with Gasteiger partial charge in [0.1, 0.15) is 11.5 Å². The highest BCUT2D eigenvalue weighted by atomic mass is 16.4. The predicted molar refractivity (Wildman–Crippen MR) is 111 cm³/mol. The number of hydrogen-bond acceptors (Lipinski definition) is 9. The number of aromatic hydroxyl groups is 7. The molecule has 1 amide bonds. The van der Waals surface area contributed by atoms with Crippen LogP contribution in [0, 0.1) is 0 Å². The number of carboxylic acid groups (broad SMARTS) is 1. The van der Waals surface area contributed by atoms with Crippen LogP contribution >= 0.6 is 0 Å². The Hall–Kier alpha value is -4.02. The Kier molecular flexibility index (Phi) is 7.47. The molecule has 174 valence electrons. The molecule has 0 fully saturated rings. The molecule has 0 spiro atoms. The van der Waals surface area contributed by atoms with Gasteiger partial charge in [-0.2, -0.15) is 0 Å². The van der Waals surface area contributed by atoms with Gasteiger partial charge in [-0.15, -0.1) is 0 Å². The van der Waals surface area contributed by atoms with Crippen LogP contribution in [0.25, 0.3) is 11.1 Å². The number of phenolic OH excluding ortho intramolecular Hbond substituents is 7. The van der Waals surface area contributed by atoms with Crippen LogP contribution in [-0.2, 0) is 16.0 Å². The van der Waals surface area contributed by atoms with E-state index in [1.807, 2.05) is 6.92 Å². The van der Waals surface area contributed by atoms with Crippen LogP contribution in [-0.4, -0.2) is 58.8 Å². The number of nitrogens with one attached hydrogen (secondary N) is 1. The van der Waals surface area contributed by atoms with Gasteiger partial charge in [-0.1, -0.05) is 13.3 Å². The summed E-state index contributed by atoms with van der Waals surface area (Å²) in [5, 5.41) is 81.3. The van der Waals surface area contributed by atoms with Crippen molar-refractivity contribution in [2.24, 2.45) is 0 Å². The number of aliphatic carboxylic acids is 1. The molecule has 32 heavy (non-hydrogen) atoms. The molecule has 11 heteroatoms. The Morgan fingerprint density at radius 3 is 1.78 bits per heavy atom. The van der Waals surface area contributed by atoms with Gasteiger partial charge in [0, 0.05) is 12.5 Å². The van der Waals surface area contributed by atoms with E-state index in [0.717, 1.165) is 0 Å². The molecular weight excluding hydrogens is 426 g/mol. The summed E-state index contributed by atoms with van der Waals surface area (Å²) in [5.74, 6) is -8.46. The van der Waals surface area contributed by atoms with Crippen LogP contribution in [0.4, 0.5) is 0 Å². The number of benzene rings is 2. The molecule has 0 aliphatic carbocycles. The fourth-order valence-corrected chi connectivity index (χ4v) is 3.34. The summed E-state index contributed by atoms with van der Waals surface area (Å²) < 4.78 is 0. The number of amides is 1. The summed E-state index contributed by atoms with van der Waals surface area (Å²) >= 11 is 0. The van der Waals surface area contributed by atoms with Crippen LogP contribution in [0.15, 0.2) is 12.1 Å². The van der Waals surface area contributed by atoms with Crippen molar-refractivity contribution in [3.63, 3.8) is 0 Å². The third-order valence-electron chi connectivity index (χ3n) is 4.83. The standard InChI is InChI=1S/C21H25NO10/c1-2-3-10(22-13(25)4-5-14(26)27)6-9-7-11(23)15(12(24)8-9)16-17(28)19(30)21(32)20(31)18(16)29/h7-8,10,23-24,28-32H,2-6H2,1H3,(H,22,25)(H,26,27)/t10-/m1/s1. The maximum atomic E-state index is 12.0. The normalized spacial score (nSPS) is 11.8.